The molecule has 0 spiro atoms. The van der Waals surface area contributed by atoms with Crippen LogP contribution in [0, 0.1) is 30.7 Å². The van der Waals surface area contributed by atoms with Gasteiger partial charge in [-0.2, -0.15) is 8.78 Å². The maximum absolute atomic E-state index is 13.8. The van der Waals surface area contributed by atoms with E-state index in [4.69, 9.17) is 0 Å². The lowest BCUT2D eigenvalue weighted by molar-refractivity contribution is -0.146. The lowest BCUT2D eigenvalue weighted by Crippen LogP contribution is -2.34. The van der Waals surface area contributed by atoms with E-state index in [-0.39, 0.29) is 5.92 Å². The number of amides is 1. The molecule has 146 valence electrons. The van der Waals surface area contributed by atoms with Crippen LogP contribution in [0.4, 0.5) is 8.78 Å². The van der Waals surface area contributed by atoms with E-state index in [1.165, 1.54) is 12.2 Å². The van der Waals surface area contributed by atoms with Crippen LogP contribution in [-0.4, -0.2) is 34.0 Å². The van der Waals surface area contributed by atoms with Gasteiger partial charge in [0.1, 0.15) is 0 Å². The second-order valence-corrected chi connectivity index (χ2v) is 6.90. The molecular weight excluding hydrogens is 336 g/mol. The highest BCUT2D eigenvalue weighted by atomic mass is 19.3. The van der Waals surface area contributed by atoms with Gasteiger partial charge in [0.25, 0.3) is 5.91 Å². The number of nitrogens with zero attached hydrogens (tertiary/aromatic N) is 1. The average molecular weight is 367 g/mol. The molecule has 0 bridgehead atoms. The van der Waals surface area contributed by atoms with Crippen molar-refractivity contribution in [1.82, 2.24) is 4.90 Å². The van der Waals surface area contributed by atoms with Crippen LogP contribution in [0.25, 0.3) is 0 Å². The van der Waals surface area contributed by atoms with Gasteiger partial charge in [-0.1, -0.05) is 51.7 Å². The Bertz CT molecular complexity index is 522. The molecule has 0 aromatic heterocycles. The van der Waals surface area contributed by atoms with Gasteiger partial charge < -0.3 is 10.0 Å². The third-order valence-electron chi connectivity index (χ3n) is 4.61. The third kappa shape index (κ3) is 7.07. The summed E-state index contributed by atoms with van der Waals surface area (Å²) < 4.78 is 27.7. The van der Waals surface area contributed by atoms with Gasteiger partial charge in [0.05, 0.1) is 18.7 Å². The minimum Gasteiger partial charge on any atom is -0.389 e. The topological polar surface area (TPSA) is 40.5 Å². The molecule has 0 unspecified atom stereocenters. The lowest BCUT2D eigenvalue weighted by Gasteiger charge is -2.22. The molecule has 1 aliphatic rings. The summed E-state index contributed by atoms with van der Waals surface area (Å²) in [7, 11) is 0. The molecule has 0 aromatic carbocycles. The van der Waals surface area contributed by atoms with Crippen LogP contribution < -0.4 is 0 Å². The number of carbonyl (C=O) groups excluding carboxylic acids is 1. The quantitative estimate of drug-likeness (QED) is 0.331. The van der Waals surface area contributed by atoms with Gasteiger partial charge >= 0.3 is 5.92 Å². The average Bonchev–Trinajstić information content (AvgIpc) is 2.83. The van der Waals surface area contributed by atoms with Gasteiger partial charge in [0, 0.05) is 12.8 Å². The fourth-order valence-electron chi connectivity index (χ4n) is 2.88. The Morgan fingerprint density at radius 1 is 1.35 bits per heavy atom. The smallest absolute Gasteiger partial charge is 0.327 e. The van der Waals surface area contributed by atoms with E-state index in [9.17, 15) is 18.7 Å². The predicted octanol–water partition coefficient (Wildman–Crippen LogP) is 4.53. The maximum Gasteiger partial charge on any atom is 0.327 e. The number of aliphatic hydroxyl groups is 1. The summed E-state index contributed by atoms with van der Waals surface area (Å²) >= 11 is 0. The summed E-state index contributed by atoms with van der Waals surface area (Å²) in [6.07, 6.45) is 8.96. The van der Waals surface area contributed by atoms with Gasteiger partial charge in [-0.3, -0.25) is 4.79 Å². The molecule has 0 saturated carbocycles. The molecule has 3 nitrogen and oxygen atoms in total. The van der Waals surface area contributed by atoms with E-state index in [0.717, 1.165) is 30.6 Å². The number of unbranched alkanes of at least 4 members (excludes halogenated alkanes) is 5. The van der Waals surface area contributed by atoms with E-state index < -0.39 is 30.4 Å². The van der Waals surface area contributed by atoms with Crippen LogP contribution in [-0.2, 0) is 4.79 Å². The molecule has 1 aliphatic heterocycles. The van der Waals surface area contributed by atoms with Crippen LogP contribution in [0.1, 0.15) is 65.7 Å². The minimum atomic E-state index is -3.34. The Hall–Kier alpha value is -1.41. The number of hydrogen-bond donors (Lipinski definition) is 1. The van der Waals surface area contributed by atoms with Crippen LogP contribution in [0.3, 0.4) is 0 Å². The summed E-state index contributed by atoms with van der Waals surface area (Å²) in [6.45, 7) is 7.19. The highest BCUT2D eigenvalue weighted by Crippen LogP contribution is 2.35. The van der Waals surface area contributed by atoms with Crippen molar-refractivity contribution in [2.75, 3.05) is 0 Å². The van der Waals surface area contributed by atoms with Crippen molar-refractivity contribution >= 4 is 5.91 Å². The molecule has 2 radical (unpaired) electrons. The maximum atomic E-state index is 13.8. The summed E-state index contributed by atoms with van der Waals surface area (Å²) in [5.74, 6) is 1.09. The van der Waals surface area contributed by atoms with E-state index in [0.29, 0.717) is 12.8 Å². The van der Waals surface area contributed by atoms with Crippen molar-refractivity contribution < 1.29 is 18.7 Å². The fourth-order valence-corrected chi connectivity index (χ4v) is 2.88. The zero-order valence-electron chi connectivity index (χ0n) is 16.0. The number of hydrogen-bond acceptors (Lipinski definition) is 2. The normalized spacial score (nSPS) is 21.7. The van der Waals surface area contributed by atoms with Crippen LogP contribution in [0.2, 0.25) is 0 Å². The molecule has 0 aromatic rings. The third-order valence-corrected chi connectivity index (χ3v) is 4.61. The SMILES string of the molecule is CC#CC[C@H](C)[C@H](O)/C=C/[C@H]1CC(F)(F)C(=O)N1[CH]CCCCC[CH]C. The predicted molar refractivity (Wildman–Crippen MR) is 99.9 cm³/mol. The van der Waals surface area contributed by atoms with E-state index >= 15 is 0 Å². The Morgan fingerprint density at radius 2 is 2.04 bits per heavy atom. The van der Waals surface area contributed by atoms with Gasteiger partial charge in [0.2, 0.25) is 0 Å². The molecule has 1 N–H and O–H groups in total. The van der Waals surface area contributed by atoms with Crippen molar-refractivity contribution in [3.05, 3.63) is 25.1 Å². The molecule has 1 heterocycles. The summed E-state index contributed by atoms with van der Waals surface area (Å²) in [6, 6.07) is -0.708. The largest absolute Gasteiger partial charge is 0.389 e. The number of aliphatic hydroxyl groups excluding tert-OH is 1. The lowest BCUT2D eigenvalue weighted by atomic mass is 10.00. The minimum absolute atomic E-state index is 0.0934. The van der Waals surface area contributed by atoms with Gasteiger partial charge in [-0.15, -0.1) is 11.8 Å². The van der Waals surface area contributed by atoms with Gasteiger partial charge in [-0.05, 0) is 25.7 Å². The zero-order valence-corrected chi connectivity index (χ0v) is 16.0. The monoisotopic (exact) mass is 367 g/mol. The molecule has 5 heteroatoms. The number of alkyl halides is 2. The molecule has 1 rings (SSSR count). The number of likely N-dealkylation sites (tertiary alicyclic amines) is 1. The standard InChI is InChI=1S/C21H31F2NO2/c1-4-6-8-9-10-11-15-24-18(16-21(22,23)20(24)26)13-14-19(25)17(3)12-7-5-2/h4,13-15,17-19,25H,6,8-12,16H2,1-3H3/b14-13+/t17-,18-,19+/m0/s1. The van der Waals surface area contributed by atoms with Crippen LogP contribution >= 0.6 is 0 Å². The molecule has 1 saturated heterocycles. The Kier molecular flexibility index (Phi) is 9.87. The van der Waals surface area contributed by atoms with Crippen molar-refractivity contribution in [2.24, 2.45) is 5.92 Å². The second kappa shape index (κ2) is 11.3. The van der Waals surface area contributed by atoms with Crippen molar-refractivity contribution in [2.45, 2.75) is 83.8 Å². The number of halogens is 2. The first kappa shape index (κ1) is 22.6. The molecule has 3 atom stereocenters. The number of carbonyl (C=O) groups is 1. The molecule has 1 amide bonds. The second-order valence-electron chi connectivity index (χ2n) is 6.90. The van der Waals surface area contributed by atoms with E-state index in [1.807, 2.05) is 13.8 Å². The van der Waals surface area contributed by atoms with Crippen molar-refractivity contribution in [1.29, 1.82) is 0 Å². The summed E-state index contributed by atoms with van der Waals surface area (Å²) in [4.78, 5) is 13.1. The number of rotatable bonds is 11. The zero-order chi connectivity index (χ0) is 19.6. The Morgan fingerprint density at radius 3 is 2.69 bits per heavy atom. The van der Waals surface area contributed by atoms with E-state index in [2.05, 4.69) is 18.3 Å². The highest BCUT2D eigenvalue weighted by Gasteiger charge is 2.52. The first-order valence-corrected chi connectivity index (χ1v) is 9.41. The highest BCUT2D eigenvalue weighted by molar-refractivity contribution is 5.87. The molecular formula is C21H31F2NO2. The summed E-state index contributed by atoms with van der Waals surface area (Å²) in [5, 5.41) is 10.1. The Balaban J connectivity index is 2.60. The first-order valence-electron chi connectivity index (χ1n) is 9.41. The van der Waals surface area contributed by atoms with Crippen LogP contribution in [0.15, 0.2) is 12.2 Å². The van der Waals surface area contributed by atoms with Crippen molar-refractivity contribution in [3.63, 3.8) is 0 Å². The van der Waals surface area contributed by atoms with Gasteiger partial charge in [0.15, 0.2) is 0 Å². The summed E-state index contributed by atoms with van der Waals surface area (Å²) in [5.41, 5.74) is 0. The molecule has 26 heavy (non-hydrogen) atoms. The van der Waals surface area contributed by atoms with E-state index in [1.54, 1.807) is 13.5 Å². The molecule has 0 aliphatic carbocycles. The van der Waals surface area contributed by atoms with Crippen LogP contribution in [0.5, 0.6) is 0 Å². The van der Waals surface area contributed by atoms with Crippen molar-refractivity contribution in [3.8, 4) is 11.8 Å². The fraction of sp³-hybridized carbons (Fsp3) is 0.667. The van der Waals surface area contributed by atoms with Gasteiger partial charge in [-0.25, -0.2) is 0 Å². The first-order chi connectivity index (χ1) is 12.3. The molecule has 1 fully saturated rings. The Labute approximate surface area is 156 Å².